The van der Waals surface area contributed by atoms with Crippen molar-refractivity contribution in [1.82, 2.24) is 20.4 Å². The minimum absolute atomic E-state index is 0.171. The van der Waals surface area contributed by atoms with Gasteiger partial charge in [0.05, 0.1) is 13.4 Å². The van der Waals surface area contributed by atoms with E-state index in [0.29, 0.717) is 5.76 Å². The Morgan fingerprint density at radius 1 is 1.15 bits per heavy atom. The first-order valence-electron chi connectivity index (χ1n) is 8.39. The highest BCUT2D eigenvalue weighted by Gasteiger charge is 2.20. The molecule has 1 atom stereocenters. The van der Waals surface area contributed by atoms with E-state index in [4.69, 9.17) is 9.15 Å². The summed E-state index contributed by atoms with van der Waals surface area (Å²) in [5, 5.41) is 9.39. The zero-order chi connectivity index (χ0) is 19.1. The second kappa shape index (κ2) is 8.70. The van der Waals surface area contributed by atoms with Gasteiger partial charge in [-0.1, -0.05) is 12.1 Å². The minimum Gasteiger partial charge on any atom is -0.497 e. The molecule has 2 amide bonds. The Morgan fingerprint density at radius 3 is 2.56 bits per heavy atom. The molecule has 0 bridgehead atoms. The van der Waals surface area contributed by atoms with Crippen LogP contribution in [0.3, 0.4) is 0 Å². The topological polar surface area (TPSA) is 98.4 Å². The molecule has 0 saturated heterocycles. The SMILES string of the molecule is COc1ccc(CNC(=O)C(=O)NCC(c2ccco2)n2cccn2)cc1. The molecule has 2 heterocycles. The normalized spacial score (nSPS) is 11.6. The van der Waals surface area contributed by atoms with Crippen molar-refractivity contribution in [3.05, 3.63) is 72.4 Å². The summed E-state index contributed by atoms with van der Waals surface area (Å²) in [6.45, 7) is 0.418. The molecule has 140 valence electrons. The zero-order valence-corrected chi connectivity index (χ0v) is 14.8. The molecular weight excluding hydrogens is 348 g/mol. The predicted molar refractivity (Wildman–Crippen MR) is 96.9 cm³/mol. The molecule has 2 aromatic heterocycles. The van der Waals surface area contributed by atoms with Gasteiger partial charge in [0.1, 0.15) is 17.6 Å². The highest BCUT2D eigenvalue weighted by atomic mass is 16.5. The van der Waals surface area contributed by atoms with E-state index in [2.05, 4.69) is 15.7 Å². The Hall–Kier alpha value is -3.55. The molecule has 8 nitrogen and oxygen atoms in total. The van der Waals surface area contributed by atoms with Crippen LogP contribution in [0.4, 0.5) is 0 Å². The van der Waals surface area contributed by atoms with Crippen molar-refractivity contribution in [1.29, 1.82) is 0 Å². The minimum atomic E-state index is -0.716. The Balaban J connectivity index is 1.53. The second-order valence-corrected chi connectivity index (χ2v) is 5.76. The van der Waals surface area contributed by atoms with Crippen molar-refractivity contribution in [2.45, 2.75) is 12.6 Å². The lowest BCUT2D eigenvalue weighted by molar-refractivity contribution is -0.139. The van der Waals surface area contributed by atoms with Gasteiger partial charge in [-0.25, -0.2) is 0 Å². The lowest BCUT2D eigenvalue weighted by atomic mass is 10.2. The molecule has 1 aromatic carbocycles. The number of ether oxygens (including phenoxy) is 1. The first-order chi connectivity index (χ1) is 13.2. The average Bonchev–Trinajstić information content (AvgIpc) is 3.41. The van der Waals surface area contributed by atoms with E-state index in [9.17, 15) is 9.59 Å². The summed E-state index contributed by atoms with van der Waals surface area (Å²) in [5.74, 6) is -0.0558. The smallest absolute Gasteiger partial charge is 0.309 e. The monoisotopic (exact) mass is 368 g/mol. The van der Waals surface area contributed by atoms with Crippen LogP contribution in [0.15, 0.2) is 65.5 Å². The maximum absolute atomic E-state index is 12.1. The third-order valence-corrected chi connectivity index (χ3v) is 3.99. The van der Waals surface area contributed by atoms with Gasteiger partial charge in [0.2, 0.25) is 0 Å². The molecule has 1 unspecified atom stereocenters. The molecule has 0 aliphatic carbocycles. The Morgan fingerprint density at radius 2 is 1.93 bits per heavy atom. The predicted octanol–water partition coefficient (Wildman–Crippen LogP) is 1.51. The Labute approximate surface area is 156 Å². The van der Waals surface area contributed by atoms with Crippen LogP contribution < -0.4 is 15.4 Å². The summed E-state index contributed by atoms with van der Waals surface area (Å²) in [7, 11) is 1.58. The maximum atomic E-state index is 12.1. The molecule has 3 aromatic rings. The molecule has 3 rings (SSSR count). The van der Waals surface area contributed by atoms with E-state index >= 15 is 0 Å². The zero-order valence-electron chi connectivity index (χ0n) is 14.8. The van der Waals surface area contributed by atoms with Crippen LogP contribution in [-0.4, -0.2) is 35.2 Å². The van der Waals surface area contributed by atoms with Crippen molar-refractivity contribution in [2.24, 2.45) is 0 Å². The number of nitrogens with zero attached hydrogens (tertiary/aromatic N) is 2. The Kier molecular flexibility index (Phi) is 5.88. The van der Waals surface area contributed by atoms with Crippen LogP contribution in [0.25, 0.3) is 0 Å². The quantitative estimate of drug-likeness (QED) is 0.616. The highest BCUT2D eigenvalue weighted by Crippen LogP contribution is 2.17. The molecule has 0 aliphatic heterocycles. The second-order valence-electron chi connectivity index (χ2n) is 5.76. The van der Waals surface area contributed by atoms with E-state index in [0.717, 1.165) is 11.3 Å². The molecule has 0 radical (unpaired) electrons. The fourth-order valence-corrected chi connectivity index (χ4v) is 2.55. The van der Waals surface area contributed by atoms with Gasteiger partial charge >= 0.3 is 11.8 Å². The number of methoxy groups -OCH3 is 1. The van der Waals surface area contributed by atoms with Crippen molar-refractivity contribution >= 4 is 11.8 Å². The third kappa shape index (κ3) is 4.75. The lowest BCUT2D eigenvalue weighted by Gasteiger charge is -2.16. The summed E-state index contributed by atoms with van der Waals surface area (Å²) in [5.41, 5.74) is 0.863. The van der Waals surface area contributed by atoms with Gasteiger partial charge in [-0.05, 0) is 35.9 Å². The number of aromatic nitrogens is 2. The molecule has 27 heavy (non-hydrogen) atoms. The van der Waals surface area contributed by atoms with Crippen molar-refractivity contribution in [3.63, 3.8) is 0 Å². The molecule has 0 fully saturated rings. The van der Waals surface area contributed by atoms with Crippen molar-refractivity contribution < 1.29 is 18.7 Å². The van der Waals surface area contributed by atoms with E-state index < -0.39 is 11.8 Å². The van der Waals surface area contributed by atoms with Crippen LogP contribution in [0.5, 0.6) is 5.75 Å². The van der Waals surface area contributed by atoms with Crippen LogP contribution in [0.1, 0.15) is 17.4 Å². The average molecular weight is 368 g/mol. The first-order valence-corrected chi connectivity index (χ1v) is 8.39. The number of carbonyl (C=O) groups excluding carboxylic acids is 2. The summed E-state index contributed by atoms with van der Waals surface area (Å²) < 4.78 is 12.2. The summed E-state index contributed by atoms with van der Waals surface area (Å²) >= 11 is 0. The number of furan rings is 1. The summed E-state index contributed by atoms with van der Waals surface area (Å²) in [4.78, 5) is 24.1. The number of hydrogen-bond donors (Lipinski definition) is 2. The molecule has 0 aliphatic rings. The fraction of sp³-hybridized carbons (Fsp3) is 0.211. The van der Waals surface area contributed by atoms with Crippen LogP contribution in [-0.2, 0) is 16.1 Å². The van der Waals surface area contributed by atoms with E-state index in [-0.39, 0.29) is 19.1 Å². The van der Waals surface area contributed by atoms with Gasteiger partial charge in [0, 0.05) is 25.5 Å². The van der Waals surface area contributed by atoms with Gasteiger partial charge in [-0.3, -0.25) is 14.3 Å². The number of benzene rings is 1. The summed E-state index contributed by atoms with van der Waals surface area (Å²) in [6.07, 6.45) is 4.96. The largest absolute Gasteiger partial charge is 0.497 e. The van der Waals surface area contributed by atoms with Gasteiger partial charge in [0.15, 0.2) is 0 Å². The van der Waals surface area contributed by atoms with Crippen molar-refractivity contribution in [2.75, 3.05) is 13.7 Å². The number of carbonyl (C=O) groups is 2. The van der Waals surface area contributed by atoms with Crippen LogP contribution >= 0.6 is 0 Å². The number of nitrogens with one attached hydrogen (secondary N) is 2. The van der Waals surface area contributed by atoms with E-state index in [1.807, 2.05) is 12.1 Å². The first kappa shape index (κ1) is 18.2. The molecule has 2 N–H and O–H groups in total. The van der Waals surface area contributed by atoms with Gasteiger partial charge < -0.3 is 19.8 Å². The Bertz CT molecular complexity index is 824. The van der Waals surface area contributed by atoms with Gasteiger partial charge in [-0.2, -0.15) is 5.10 Å². The lowest BCUT2D eigenvalue weighted by Crippen LogP contribution is -2.42. The maximum Gasteiger partial charge on any atom is 0.309 e. The number of rotatable bonds is 7. The number of amides is 2. The van der Waals surface area contributed by atoms with Crippen molar-refractivity contribution in [3.8, 4) is 5.75 Å². The molecule has 0 spiro atoms. The van der Waals surface area contributed by atoms with Crippen LogP contribution in [0, 0.1) is 0 Å². The number of hydrogen-bond acceptors (Lipinski definition) is 5. The fourth-order valence-electron chi connectivity index (χ4n) is 2.55. The molecular formula is C19H20N4O4. The van der Waals surface area contributed by atoms with E-state index in [1.165, 1.54) is 0 Å². The van der Waals surface area contributed by atoms with E-state index in [1.54, 1.807) is 60.8 Å². The van der Waals surface area contributed by atoms with Gasteiger partial charge in [-0.15, -0.1) is 0 Å². The van der Waals surface area contributed by atoms with Gasteiger partial charge in [0.25, 0.3) is 0 Å². The third-order valence-electron chi connectivity index (χ3n) is 3.99. The summed E-state index contributed by atoms with van der Waals surface area (Å²) in [6, 6.07) is 12.2. The van der Waals surface area contributed by atoms with Crippen LogP contribution in [0.2, 0.25) is 0 Å². The molecule has 0 saturated carbocycles. The highest BCUT2D eigenvalue weighted by molar-refractivity contribution is 6.35. The standard InChI is InChI=1S/C19H20N4O4/c1-26-15-7-5-14(6-8-15)12-20-18(24)19(25)21-13-16(17-4-2-11-27-17)23-10-3-9-22-23/h2-11,16H,12-13H2,1H3,(H,20,24)(H,21,25). The molecule has 8 heteroatoms.